The molecule has 6 rings (SSSR count). The van der Waals surface area contributed by atoms with E-state index in [9.17, 15) is 5.11 Å². The SMILES string of the molecule is CC12c3ccc4c(c3CN[C@H]1c1cc3c(cc1CC2O)OCO3)OCO4. The minimum Gasteiger partial charge on any atom is -0.454 e. The number of hydrogen-bond acceptors (Lipinski definition) is 6. The van der Waals surface area contributed by atoms with E-state index < -0.39 is 11.5 Å². The Kier molecular flexibility index (Phi) is 2.74. The van der Waals surface area contributed by atoms with Gasteiger partial charge in [-0.3, -0.25) is 0 Å². The van der Waals surface area contributed by atoms with Crippen LogP contribution in [0, 0.1) is 0 Å². The summed E-state index contributed by atoms with van der Waals surface area (Å²) in [7, 11) is 0. The molecule has 1 aliphatic carbocycles. The maximum Gasteiger partial charge on any atom is 0.231 e. The number of ether oxygens (including phenoxy) is 4. The van der Waals surface area contributed by atoms with E-state index in [1.54, 1.807) is 0 Å². The molecule has 26 heavy (non-hydrogen) atoms. The highest BCUT2D eigenvalue weighted by Gasteiger charge is 2.51. The first-order valence-electron chi connectivity index (χ1n) is 8.92. The predicted octanol–water partition coefficient (Wildman–Crippen LogP) is 2.16. The number of hydrogen-bond donors (Lipinski definition) is 2. The maximum atomic E-state index is 11.2. The molecule has 0 amide bonds. The lowest BCUT2D eigenvalue weighted by Crippen LogP contribution is -2.54. The second-order valence-corrected chi connectivity index (χ2v) is 7.55. The summed E-state index contributed by atoms with van der Waals surface area (Å²) in [5, 5.41) is 14.8. The molecular weight excluding hydrogens is 334 g/mol. The number of benzene rings is 2. The maximum absolute atomic E-state index is 11.2. The Bertz CT molecular complexity index is 942. The summed E-state index contributed by atoms with van der Waals surface area (Å²) in [4.78, 5) is 0. The van der Waals surface area contributed by atoms with Crippen LogP contribution in [0.3, 0.4) is 0 Å². The Labute approximate surface area is 150 Å². The first-order valence-corrected chi connectivity index (χ1v) is 8.92. The average Bonchev–Trinajstić information content (AvgIpc) is 3.29. The number of rotatable bonds is 0. The molecule has 0 saturated carbocycles. The van der Waals surface area contributed by atoms with Crippen LogP contribution in [0.5, 0.6) is 23.0 Å². The van der Waals surface area contributed by atoms with E-state index in [4.69, 9.17) is 18.9 Å². The zero-order chi connectivity index (χ0) is 17.5. The van der Waals surface area contributed by atoms with E-state index in [1.807, 2.05) is 12.1 Å². The van der Waals surface area contributed by atoms with Crippen molar-refractivity contribution in [3.63, 3.8) is 0 Å². The first kappa shape index (κ1) is 14.7. The third-order valence-corrected chi connectivity index (χ3v) is 6.36. The highest BCUT2D eigenvalue weighted by molar-refractivity contribution is 5.59. The molecule has 0 fully saturated rings. The molecule has 2 unspecified atom stereocenters. The van der Waals surface area contributed by atoms with E-state index in [1.165, 1.54) is 5.56 Å². The zero-order valence-corrected chi connectivity index (χ0v) is 14.4. The molecule has 6 nitrogen and oxygen atoms in total. The minimum absolute atomic E-state index is 0.0105. The van der Waals surface area contributed by atoms with Gasteiger partial charge in [0, 0.05) is 23.6 Å². The quantitative estimate of drug-likeness (QED) is 0.757. The van der Waals surface area contributed by atoms with Crippen molar-refractivity contribution in [2.24, 2.45) is 0 Å². The second kappa shape index (κ2) is 4.84. The molecule has 6 heteroatoms. The van der Waals surface area contributed by atoms with Crippen molar-refractivity contribution in [3.05, 3.63) is 46.5 Å². The summed E-state index contributed by atoms with van der Waals surface area (Å²) in [5.74, 6) is 3.12. The van der Waals surface area contributed by atoms with Crippen LogP contribution in [0.1, 0.15) is 35.2 Å². The van der Waals surface area contributed by atoms with Gasteiger partial charge in [0.2, 0.25) is 13.6 Å². The lowest BCUT2D eigenvalue weighted by molar-refractivity contribution is 0.0463. The number of aliphatic hydroxyl groups excluding tert-OH is 1. The van der Waals surface area contributed by atoms with Gasteiger partial charge >= 0.3 is 0 Å². The van der Waals surface area contributed by atoms with Gasteiger partial charge in [-0.25, -0.2) is 0 Å². The molecule has 3 aliphatic heterocycles. The fourth-order valence-electron chi connectivity index (χ4n) is 4.95. The van der Waals surface area contributed by atoms with Crippen LogP contribution in [0.15, 0.2) is 24.3 Å². The van der Waals surface area contributed by atoms with Gasteiger partial charge in [0.1, 0.15) is 0 Å². The molecule has 0 aromatic heterocycles. The normalized spacial score (nSPS) is 29.8. The van der Waals surface area contributed by atoms with E-state index in [0.29, 0.717) is 13.0 Å². The zero-order valence-electron chi connectivity index (χ0n) is 14.4. The Morgan fingerprint density at radius 2 is 1.81 bits per heavy atom. The van der Waals surface area contributed by atoms with Gasteiger partial charge in [0.05, 0.1) is 6.10 Å². The fourth-order valence-corrected chi connectivity index (χ4v) is 4.95. The smallest absolute Gasteiger partial charge is 0.231 e. The highest BCUT2D eigenvalue weighted by atomic mass is 16.7. The van der Waals surface area contributed by atoms with Crippen molar-refractivity contribution in [2.75, 3.05) is 13.6 Å². The van der Waals surface area contributed by atoms with Gasteiger partial charge in [-0.1, -0.05) is 13.0 Å². The molecular formula is C20H19NO5. The van der Waals surface area contributed by atoms with E-state index >= 15 is 0 Å². The van der Waals surface area contributed by atoms with Crippen molar-refractivity contribution >= 4 is 0 Å². The molecule has 3 heterocycles. The van der Waals surface area contributed by atoms with E-state index in [0.717, 1.165) is 39.7 Å². The largest absolute Gasteiger partial charge is 0.454 e. The Morgan fingerprint density at radius 3 is 2.69 bits per heavy atom. The van der Waals surface area contributed by atoms with Crippen molar-refractivity contribution < 1.29 is 24.1 Å². The predicted molar refractivity (Wildman–Crippen MR) is 91.8 cm³/mol. The molecule has 0 radical (unpaired) electrons. The van der Waals surface area contributed by atoms with Crippen LogP contribution in [0.4, 0.5) is 0 Å². The topological polar surface area (TPSA) is 69.2 Å². The molecule has 134 valence electrons. The molecule has 2 aromatic rings. The summed E-state index contributed by atoms with van der Waals surface area (Å²) >= 11 is 0. The Hall–Kier alpha value is -2.44. The third kappa shape index (κ3) is 1.68. The van der Waals surface area contributed by atoms with Crippen molar-refractivity contribution in [3.8, 4) is 23.0 Å². The third-order valence-electron chi connectivity index (χ3n) is 6.36. The van der Waals surface area contributed by atoms with Gasteiger partial charge in [-0.2, -0.15) is 0 Å². The average molecular weight is 353 g/mol. The first-order chi connectivity index (χ1) is 12.7. The van der Waals surface area contributed by atoms with E-state index in [-0.39, 0.29) is 19.6 Å². The second-order valence-electron chi connectivity index (χ2n) is 7.55. The fraction of sp³-hybridized carbons (Fsp3) is 0.400. The molecule has 0 bridgehead atoms. The Morgan fingerprint density at radius 1 is 1.04 bits per heavy atom. The summed E-state index contributed by atoms with van der Waals surface area (Å²) in [6, 6.07) is 8.10. The molecule has 0 spiro atoms. The molecule has 3 atom stereocenters. The standard InChI is InChI=1S/C20H19NO5/c1-20-13-2-3-14-18(26-9-23-14)12(13)7-21-19(20)11-6-16-15(24-8-25-16)4-10(11)5-17(20)22/h2-4,6,17,19,21-22H,5,7-9H2,1H3/t17?,19-,20?/m0/s1. The minimum atomic E-state index is -0.521. The van der Waals surface area contributed by atoms with Crippen LogP contribution in [0.25, 0.3) is 0 Å². The van der Waals surface area contributed by atoms with Crippen LogP contribution in [-0.4, -0.2) is 24.8 Å². The number of nitrogens with one attached hydrogen (secondary N) is 1. The van der Waals surface area contributed by atoms with E-state index in [2.05, 4.69) is 24.4 Å². The van der Waals surface area contributed by atoms with Crippen LogP contribution < -0.4 is 24.3 Å². The molecule has 0 saturated heterocycles. The van der Waals surface area contributed by atoms with Gasteiger partial charge < -0.3 is 29.4 Å². The highest BCUT2D eigenvalue weighted by Crippen LogP contribution is 2.54. The number of fused-ring (bicyclic) bond motifs is 8. The monoisotopic (exact) mass is 353 g/mol. The molecule has 2 aromatic carbocycles. The summed E-state index contributed by atoms with van der Waals surface area (Å²) in [6.07, 6.45) is 0.0569. The summed E-state index contributed by atoms with van der Waals surface area (Å²) in [5.41, 5.74) is 4.03. The van der Waals surface area contributed by atoms with Crippen molar-refractivity contribution in [1.29, 1.82) is 0 Å². The van der Waals surface area contributed by atoms with Crippen LogP contribution in [0.2, 0.25) is 0 Å². The van der Waals surface area contributed by atoms with Crippen molar-refractivity contribution in [1.82, 2.24) is 5.32 Å². The summed E-state index contributed by atoms with van der Waals surface area (Å²) in [6.45, 7) is 3.30. The Balaban J connectivity index is 1.54. The van der Waals surface area contributed by atoms with Gasteiger partial charge in [0.15, 0.2) is 23.0 Å². The van der Waals surface area contributed by atoms with Gasteiger partial charge in [0.25, 0.3) is 0 Å². The molecule has 2 N–H and O–H groups in total. The number of aliphatic hydroxyl groups is 1. The van der Waals surface area contributed by atoms with Crippen molar-refractivity contribution in [2.45, 2.75) is 37.5 Å². The molecule has 4 aliphatic rings. The van der Waals surface area contributed by atoms with Crippen LogP contribution in [-0.2, 0) is 18.4 Å². The summed E-state index contributed by atoms with van der Waals surface area (Å²) < 4.78 is 22.3. The van der Waals surface area contributed by atoms with Gasteiger partial charge in [-0.15, -0.1) is 0 Å². The lowest BCUT2D eigenvalue weighted by atomic mass is 9.61. The van der Waals surface area contributed by atoms with Crippen LogP contribution >= 0.6 is 0 Å². The van der Waals surface area contributed by atoms with Gasteiger partial charge in [-0.05, 0) is 41.3 Å². The lowest BCUT2D eigenvalue weighted by Gasteiger charge is -2.50.